The first-order valence-corrected chi connectivity index (χ1v) is 6.85. The van der Waals surface area contributed by atoms with Gasteiger partial charge in [-0.15, -0.1) is 11.3 Å². The zero-order valence-electron chi connectivity index (χ0n) is 10.5. The van der Waals surface area contributed by atoms with Gasteiger partial charge in [0.15, 0.2) is 10.6 Å². The van der Waals surface area contributed by atoms with Crippen molar-refractivity contribution in [2.24, 2.45) is 0 Å². The molecule has 2 N–H and O–H groups in total. The molecule has 2 aromatic heterocycles. The maximum atomic E-state index is 5.78. The lowest BCUT2D eigenvalue weighted by Gasteiger charge is -2.38. The number of hydrogen-bond acceptors (Lipinski definition) is 7. The number of nitrogen functional groups attached to an aromatic ring is 1. The van der Waals surface area contributed by atoms with E-state index in [2.05, 4.69) is 38.7 Å². The highest BCUT2D eigenvalue weighted by atomic mass is 32.1. The molecule has 0 saturated carbocycles. The van der Waals surface area contributed by atoms with Crippen molar-refractivity contribution in [2.45, 2.75) is 13.0 Å². The summed E-state index contributed by atoms with van der Waals surface area (Å²) >= 11 is 1.50. The zero-order valence-corrected chi connectivity index (χ0v) is 11.3. The number of rotatable bonds is 1. The van der Waals surface area contributed by atoms with Crippen molar-refractivity contribution in [3.63, 3.8) is 0 Å². The Bertz CT molecular complexity index is 568. The minimum atomic E-state index is 0.327. The highest BCUT2D eigenvalue weighted by molar-refractivity contribution is 7.16. The van der Waals surface area contributed by atoms with Crippen LogP contribution in [0.1, 0.15) is 6.92 Å². The molecule has 1 atom stereocenters. The number of aromatic nitrogens is 3. The summed E-state index contributed by atoms with van der Waals surface area (Å²) in [6.45, 7) is 5.20. The van der Waals surface area contributed by atoms with Gasteiger partial charge >= 0.3 is 0 Å². The number of nitrogens with zero attached hydrogens (tertiary/aromatic N) is 5. The van der Waals surface area contributed by atoms with Gasteiger partial charge in [-0.1, -0.05) is 0 Å². The Labute approximate surface area is 109 Å². The SMILES string of the molecule is C[C@H]1CN(C)CCN1c1nc(N)nc2scnc12. The lowest BCUT2D eigenvalue weighted by molar-refractivity contribution is 0.275. The summed E-state index contributed by atoms with van der Waals surface area (Å²) in [4.78, 5) is 18.4. The van der Waals surface area contributed by atoms with Gasteiger partial charge in [0, 0.05) is 25.7 Å². The molecule has 0 amide bonds. The molecule has 3 heterocycles. The van der Waals surface area contributed by atoms with Gasteiger partial charge in [0.1, 0.15) is 5.52 Å². The predicted octanol–water partition coefficient (Wildman–Crippen LogP) is 0.809. The second kappa shape index (κ2) is 4.33. The lowest BCUT2D eigenvalue weighted by atomic mass is 10.2. The van der Waals surface area contributed by atoms with E-state index in [0.717, 1.165) is 35.8 Å². The number of fused-ring (bicyclic) bond motifs is 1. The number of anilines is 2. The highest BCUT2D eigenvalue weighted by Crippen LogP contribution is 2.28. The largest absolute Gasteiger partial charge is 0.368 e. The third-order valence-electron chi connectivity index (χ3n) is 3.30. The second-order valence-corrected chi connectivity index (χ2v) is 5.55. The minimum absolute atomic E-state index is 0.327. The van der Waals surface area contributed by atoms with Gasteiger partial charge in [0.05, 0.1) is 5.51 Å². The van der Waals surface area contributed by atoms with E-state index < -0.39 is 0 Å². The van der Waals surface area contributed by atoms with Crippen molar-refractivity contribution in [2.75, 3.05) is 37.3 Å². The molecule has 0 aliphatic carbocycles. The molecule has 0 radical (unpaired) electrons. The summed E-state index contributed by atoms with van der Waals surface area (Å²) in [5.74, 6) is 1.20. The predicted molar refractivity (Wildman–Crippen MR) is 73.9 cm³/mol. The summed E-state index contributed by atoms with van der Waals surface area (Å²) in [6, 6.07) is 0.406. The Morgan fingerprint density at radius 3 is 3.00 bits per heavy atom. The quantitative estimate of drug-likeness (QED) is 0.822. The van der Waals surface area contributed by atoms with E-state index in [4.69, 9.17) is 5.73 Å². The number of likely N-dealkylation sites (N-methyl/N-ethyl adjacent to an activating group) is 1. The van der Waals surface area contributed by atoms with Crippen LogP contribution in [0.3, 0.4) is 0 Å². The van der Waals surface area contributed by atoms with Crippen molar-refractivity contribution >= 4 is 33.5 Å². The van der Waals surface area contributed by atoms with E-state index in [1.165, 1.54) is 11.3 Å². The standard InChI is InChI=1S/C11H16N6S/c1-7-5-16(2)3-4-17(7)9-8-10(18-6-13-8)15-11(12)14-9/h6-7H,3-5H2,1-2H3,(H2,12,14,15)/t7-/m0/s1. The van der Waals surface area contributed by atoms with Crippen LogP contribution >= 0.6 is 11.3 Å². The second-order valence-electron chi connectivity index (χ2n) is 4.72. The highest BCUT2D eigenvalue weighted by Gasteiger charge is 2.25. The van der Waals surface area contributed by atoms with Crippen LogP contribution in [0.5, 0.6) is 0 Å². The first kappa shape index (κ1) is 11.6. The molecule has 1 saturated heterocycles. The maximum Gasteiger partial charge on any atom is 0.223 e. The fraction of sp³-hybridized carbons (Fsp3) is 0.545. The zero-order chi connectivity index (χ0) is 12.7. The molecule has 3 rings (SSSR count). The molecule has 0 unspecified atom stereocenters. The molecule has 18 heavy (non-hydrogen) atoms. The van der Waals surface area contributed by atoms with E-state index in [9.17, 15) is 0 Å². The van der Waals surface area contributed by atoms with Crippen LogP contribution in [-0.4, -0.2) is 52.6 Å². The third-order valence-corrected chi connectivity index (χ3v) is 4.02. The topological polar surface area (TPSA) is 71.2 Å². The molecule has 0 spiro atoms. The lowest BCUT2D eigenvalue weighted by Crippen LogP contribution is -2.51. The molecule has 0 bridgehead atoms. The summed E-state index contributed by atoms with van der Waals surface area (Å²) in [5.41, 5.74) is 8.44. The monoisotopic (exact) mass is 264 g/mol. The van der Waals surface area contributed by atoms with E-state index in [1.807, 2.05) is 0 Å². The van der Waals surface area contributed by atoms with Gasteiger partial charge in [-0.25, -0.2) is 9.97 Å². The molecular formula is C11H16N6S. The van der Waals surface area contributed by atoms with Crippen molar-refractivity contribution in [1.82, 2.24) is 19.9 Å². The van der Waals surface area contributed by atoms with Gasteiger partial charge in [0.25, 0.3) is 0 Å². The van der Waals surface area contributed by atoms with Gasteiger partial charge in [-0.2, -0.15) is 4.98 Å². The fourth-order valence-corrected chi connectivity index (χ4v) is 3.08. The van der Waals surface area contributed by atoms with Crippen LogP contribution in [0.25, 0.3) is 10.3 Å². The van der Waals surface area contributed by atoms with Crippen LogP contribution in [0, 0.1) is 0 Å². The van der Waals surface area contributed by atoms with Crippen molar-refractivity contribution < 1.29 is 0 Å². The molecule has 7 heteroatoms. The Morgan fingerprint density at radius 1 is 1.39 bits per heavy atom. The van der Waals surface area contributed by atoms with Gasteiger partial charge in [0.2, 0.25) is 5.95 Å². The van der Waals surface area contributed by atoms with Crippen molar-refractivity contribution in [1.29, 1.82) is 0 Å². The summed E-state index contributed by atoms with van der Waals surface area (Å²) < 4.78 is 0. The molecule has 96 valence electrons. The summed E-state index contributed by atoms with van der Waals surface area (Å²) in [7, 11) is 2.14. The Balaban J connectivity index is 2.05. The van der Waals surface area contributed by atoms with Crippen LogP contribution in [0.15, 0.2) is 5.51 Å². The molecule has 1 aliphatic rings. The fourth-order valence-electron chi connectivity index (χ4n) is 2.42. The first-order valence-electron chi connectivity index (χ1n) is 5.97. The number of thiazole rings is 1. The van der Waals surface area contributed by atoms with E-state index in [1.54, 1.807) is 5.51 Å². The molecule has 2 aromatic rings. The van der Waals surface area contributed by atoms with Crippen LogP contribution in [0.2, 0.25) is 0 Å². The Hall–Kier alpha value is -1.47. The van der Waals surface area contributed by atoms with Gasteiger partial charge < -0.3 is 15.5 Å². The maximum absolute atomic E-state index is 5.78. The van der Waals surface area contributed by atoms with Gasteiger partial charge in [-0.05, 0) is 14.0 Å². The summed E-state index contributed by atoms with van der Waals surface area (Å²) in [5, 5.41) is 0. The van der Waals surface area contributed by atoms with E-state index in [0.29, 0.717) is 12.0 Å². The molecule has 1 fully saturated rings. The first-order chi connectivity index (χ1) is 8.65. The average molecular weight is 264 g/mol. The van der Waals surface area contributed by atoms with Crippen molar-refractivity contribution in [3.05, 3.63) is 5.51 Å². The molecule has 6 nitrogen and oxygen atoms in total. The number of hydrogen-bond donors (Lipinski definition) is 1. The smallest absolute Gasteiger partial charge is 0.223 e. The normalized spacial score (nSPS) is 21.7. The Morgan fingerprint density at radius 2 is 2.22 bits per heavy atom. The van der Waals surface area contributed by atoms with Crippen LogP contribution in [0.4, 0.5) is 11.8 Å². The van der Waals surface area contributed by atoms with E-state index >= 15 is 0 Å². The number of nitrogens with two attached hydrogens (primary N) is 1. The molecular weight excluding hydrogens is 248 g/mol. The molecule has 1 aliphatic heterocycles. The molecule has 0 aromatic carbocycles. The number of piperazine rings is 1. The van der Waals surface area contributed by atoms with Crippen LogP contribution in [-0.2, 0) is 0 Å². The van der Waals surface area contributed by atoms with Crippen molar-refractivity contribution in [3.8, 4) is 0 Å². The minimum Gasteiger partial charge on any atom is -0.368 e. The third kappa shape index (κ3) is 1.89. The average Bonchev–Trinajstić information content (AvgIpc) is 2.76. The van der Waals surface area contributed by atoms with Crippen LogP contribution < -0.4 is 10.6 Å². The van der Waals surface area contributed by atoms with Gasteiger partial charge in [-0.3, -0.25) is 0 Å². The van der Waals surface area contributed by atoms with E-state index in [-0.39, 0.29) is 0 Å². The summed E-state index contributed by atoms with van der Waals surface area (Å²) in [6.07, 6.45) is 0. The Kier molecular flexibility index (Phi) is 2.79.